The summed E-state index contributed by atoms with van der Waals surface area (Å²) in [6.07, 6.45) is 3.74. The van der Waals surface area contributed by atoms with E-state index >= 15 is 0 Å². The van der Waals surface area contributed by atoms with Gasteiger partial charge in [0.2, 0.25) is 5.91 Å². The van der Waals surface area contributed by atoms with Gasteiger partial charge in [0.15, 0.2) is 0 Å². The number of alkyl carbamates (subject to hydrolysis) is 1. The molecule has 224 valence electrons. The van der Waals surface area contributed by atoms with E-state index in [4.69, 9.17) is 4.74 Å². The molecule has 0 bridgehead atoms. The van der Waals surface area contributed by atoms with Crippen LogP contribution in [0.25, 0.3) is 11.1 Å². The number of urea groups is 1. The highest BCUT2D eigenvalue weighted by Crippen LogP contribution is 2.44. The van der Waals surface area contributed by atoms with Gasteiger partial charge in [-0.25, -0.2) is 14.4 Å². The van der Waals surface area contributed by atoms with E-state index in [2.05, 4.69) is 33.4 Å². The van der Waals surface area contributed by atoms with Gasteiger partial charge in [0, 0.05) is 29.9 Å². The summed E-state index contributed by atoms with van der Waals surface area (Å²) >= 11 is 1.87. The maximum atomic E-state index is 12.5. The van der Waals surface area contributed by atoms with Crippen LogP contribution in [-0.2, 0) is 14.3 Å². The molecule has 2 saturated heterocycles. The first-order chi connectivity index (χ1) is 20.4. The Bertz CT molecular complexity index is 1260. The molecule has 0 radical (unpaired) electrons. The van der Waals surface area contributed by atoms with Crippen molar-refractivity contribution in [2.45, 2.75) is 74.2 Å². The first-order valence-corrected chi connectivity index (χ1v) is 15.7. The molecule has 10 nitrogen and oxygen atoms in total. The van der Waals surface area contributed by atoms with Gasteiger partial charge in [-0.1, -0.05) is 55.0 Å². The van der Waals surface area contributed by atoms with Gasteiger partial charge in [-0.15, -0.1) is 0 Å². The minimum Gasteiger partial charge on any atom is -0.480 e. The number of carbonyl (C=O) groups excluding carboxylic acids is 3. The number of benzene rings is 2. The third kappa shape index (κ3) is 7.18. The molecule has 1 unspecified atom stereocenters. The number of carboxylic acid groups (broad SMARTS) is 1. The van der Waals surface area contributed by atoms with Gasteiger partial charge >= 0.3 is 18.1 Å². The number of hydrogen-bond acceptors (Lipinski definition) is 6. The van der Waals surface area contributed by atoms with Gasteiger partial charge in [0.25, 0.3) is 0 Å². The molecule has 42 heavy (non-hydrogen) atoms. The third-order valence-corrected chi connectivity index (χ3v) is 9.76. The second-order valence-electron chi connectivity index (χ2n) is 11.1. The number of rotatable bonds is 14. The summed E-state index contributed by atoms with van der Waals surface area (Å²) in [5, 5.41) is 21.3. The van der Waals surface area contributed by atoms with Crippen LogP contribution in [0.1, 0.15) is 62.0 Å². The van der Waals surface area contributed by atoms with Gasteiger partial charge in [-0.05, 0) is 54.4 Å². The summed E-state index contributed by atoms with van der Waals surface area (Å²) in [7, 11) is 0. The van der Waals surface area contributed by atoms with Crippen molar-refractivity contribution in [3.8, 4) is 11.1 Å². The number of aliphatic carboxylic acids is 1. The van der Waals surface area contributed by atoms with Crippen LogP contribution in [0, 0.1) is 0 Å². The van der Waals surface area contributed by atoms with Crippen molar-refractivity contribution < 1.29 is 29.0 Å². The van der Waals surface area contributed by atoms with E-state index in [9.17, 15) is 24.3 Å². The van der Waals surface area contributed by atoms with Crippen LogP contribution in [0.4, 0.5) is 9.59 Å². The van der Waals surface area contributed by atoms with Crippen molar-refractivity contribution in [1.82, 2.24) is 21.3 Å². The Morgan fingerprint density at radius 3 is 2.40 bits per heavy atom. The van der Waals surface area contributed by atoms with Crippen molar-refractivity contribution >= 4 is 35.8 Å². The highest BCUT2D eigenvalue weighted by Gasteiger charge is 2.42. The van der Waals surface area contributed by atoms with E-state index in [1.54, 1.807) is 0 Å². The summed E-state index contributed by atoms with van der Waals surface area (Å²) in [4.78, 5) is 48.0. The fraction of sp³-hybridized carbons (Fsp3) is 0.484. The Hall–Kier alpha value is -3.73. The molecule has 4 atom stereocenters. The molecule has 2 fully saturated rings. The molecule has 2 aromatic rings. The van der Waals surface area contributed by atoms with Gasteiger partial charge in [-0.2, -0.15) is 11.8 Å². The molecule has 2 aromatic carbocycles. The van der Waals surface area contributed by atoms with Gasteiger partial charge < -0.3 is 31.1 Å². The number of carbonyl (C=O) groups is 4. The minimum absolute atomic E-state index is 0.0191. The van der Waals surface area contributed by atoms with Crippen LogP contribution < -0.4 is 21.3 Å². The zero-order chi connectivity index (χ0) is 29.5. The summed E-state index contributed by atoms with van der Waals surface area (Å²) in [6.45, 7) is 0.572. The van der Waals surface area contributed by atoms with Crippen LogP contribution in [0.5, 0.6) is 0 Å². The largest absolute Gasteiger partial charge is 0.480 e. The Morgan fingerprint density at radius 1 is 0.976 bits per heavy atom. The highest BCUT2D eigenvalue weighted by molar-refractivity contribution is 8.00. The number of carboxylic acids is 1. The molecular weight excluding hydrogens is 556 g/mol. The number of ether oxygens (including phenoxy) is 1. The highest BCUT2D eigenvalue weighted by atomic mass is 32.2. The lowest BCUT2D eigenvalue weighted by Crippen LogP contribution is -2.41. The van der Waals surface area contributed by atoms with E-state index in [1.807, 2.05) is 48.2 Å². The van der Waals surface area contributed by atoms with E-state index in [-0.39, 0.29) is 43.0 Å². The lowest BCUT2D eigenvalue weighted by Gasteiger charge is -2.17. The third-order valence-electron chi connectivity index (χ3n) is 8.26. The number of unbranched alkanes of at least 4 members (excludes halogenated alkanes) is 2. The maximum Gasteiger partial charge on any atom is 0.407 e. The second-order valence-corrected chi connectivity index (χ2v) is 12.3. The zero-order valence-electron chi connectivity index (χ0n) is 23.5. The van der Waals surface area contributed by atoms with Crippen LogP contribution >= 0.6 is 11.8 Å². The van der Waals surface area contributed by atoms with E-state index in [1.165, 1.54) is 0 Å². The first-order valence-electron chi connectivity index (χ1n) is 14.7. The monoisotopic (exact) mass is 594 g/mol. The molecule has 11 heteroatoms. The number of amides is 4. The predicted molar refractivity (Wildman–Crippen MR) is 160 cm³/mol. The summed E-state index contributed by atoms with van der Waals surface area (Å²) in [5.41, 5.74) is 4.42. The maximum absolute atomic E-state index is 12.5. The van der Waals surface area contributed by atoms with Gasteiger partial charge in [0.05, 0.1) is 12.1 Å². The fourth-order valence-corrected chi connectivity index (χ4v) is 7.65. The standard InChI is InChI=1S/C31H38N4O6S/c36-27(15-6-5-14-26-28-25(18-42-26)33-30(39)35-28)32-16-8-7-13-24(29(37)38)34-31(40)41-17-23-21-11-3-1-9-19(21)20-10-2-4-12-22(20)23/h1-4,9-12,23-26,28H,5-8,13-18H2,(H,32,36)(H,34,40)(H,37,38)(H2,33,35,39)/t24?,25-,26-,28-/m0/s1. The van der Waals surface area contributed by atoms with E-state index in [0.717, 1.165) is 47.3 Å². The molecule has 0 saturated carbocycles. The normalized spacial score (nSPS) is 21.0. The van der Waals surface area contributed by atoms with Crippen LogP contribution in [0.2, 0.25) is 0 Å². The average Bonchev–Trinajstić information content (AvgIpc) is 3.64. The molecule has 5 rings (SSSR count). The summed E-state index contributed by atoms with van der Waals surface area (Å²) < 4.78 is 5.49. The lowest BCUT2D eigenvalue weighted by atomic mass is 9.98. The summed E-state index contributed by atoms with van der Waals surface area (Å²) in [5.74, 6) is -0.309. The van der Waals surface area contributed by atoms with Crippen LogP contribution in [0.3, 0.4) is 0 Å². The van der Waals surface area contributed by atoms with Crippen LogP contribution in [-0.4, -0.2) is 71.4 Å². The number of thioether (sulfide) groups is 1. The number of nitrogens with one attached hydrogen (secondary N) is 4. The van der Waals surface area contributed by atoms with E-state index < -0.39 is 18.1 Å². The molecule has 1 aliphatic carbocycles. The molecule has 0 aromatic heterocycles. The molecular formula is C31H38N4O6S. The predicted octanol–water partition coefficient (Wildman–Crippen LogP) is 3.99. The topological polar surface area (TPSA) is 146 Å². The van der Waals surface area contributed by atoms with E-state index in [0.29, 0.717) is 31.1 Å². The van der Waals surface area contributed by atoms with Crippen molar-refractivity contribution in [2.24, 2.45) is 0 Å². The fourth-order valence-electron chi connectivity index (χ4n) is 6.10. The Labute approximate surface area is 249 Å². The molecule has 2 aliphatic heterocycles. The quantitative estimate of drug-likeness (QED) is 0.164. The van der Waals surface area contributed by atoms with Crippen LogP contribution in [0.15, 0.2) is 48.5 Å². The summed E-state index contributed by atoms with van der Waals surface area (Å²) in [6, 6.07) is 15.3. The SMILES string of the molecule is O=C(CCCC[C@@H]1SC[C@@H]2NC(=O)N[C@@H]21)NCCCCC(NC(=O)OCC1c2ccccc2-c2ccccc21)C(=O)O. The Kier molecular flexibility index (Phi) is 9.89. The minimum atomic E-state index is -1.12. The molecule has 0 spiro atoms. The van der Waals surface area contributed by atoms with Crippen molar-refractivity contribution in [2.75, 3.05) is 18.9 Å². The lowest BCUT2D eigenvalue weighted by molar-refractivity contribution is -0.139. The molecule has 2 heterocycles. The van der Waals surface area contributed by atoms with Crippen molar-refractivity contribution in [3.05, 3.63) is 59.7 Å². The average molecular weight is 595 g/mol. The van der Waals surface area contributed by atoms with Gasteiger partial charge in [-0.3, -0.25) is 4.79 Å². The Morgan fingerprint density at radius 2 is 1.69 bits per heavy atom. The van der Waals surface area contributed by atoms with Crippen molar-refractivity contribution in [1.29, 1.82) is 0 Å². The number of hydrogen-bond donors (Lipinski definition) is 5. The Balaban J connectivity index is 0.954. The molecule has 4 amide bonds. The number of fused-ring (bicyclic) bond motifs is 4. The van der Waals surface area contributed by atoms with Gasteiger partial charge in [0.1, 0.15) is 12.6 Å². The second kappa shape index (κ2) is 14.0. The first kappa shape index (κ1) is 29.8. The van der Waals surface area contributed by atoms with Crippen molar-refractivity contribution in [3.63, 3.8) is 0 Å². The molecule has 3 aliphatic rings. The molecule has 5 N–H and O–H groups in total. The zero-order valence-corrected chi connectivity index (χ0v) is 24.3. The smallest absolute Gasteiger partial charge is 0.407 e.